The van der Waals surface area contributed by atoms with Crippen LogP contribution >= 0.6 is 0 Å². The van der Waals surface area contributed by atoms with Crippen LogP contribution in [0.25, 0.3) is 0 Å². The van der Waals surface area contributed by atoms with Crippen molar-refractivity contribution in [3.05, 3.63) is 0 Å². The van der Waals surface area contributed by atoms with Gasteiger partial charge in [0.1, 0.15) is 0 Å². The number of halogens is 6. The first-order valence-electron chi connectivity index (χ1n) is 7.08. The number of unbranched alkanes of at least 4 members (excludes halogenated alkanes) is 2. The normalized spacial score (nSPS) is 26.3. The van der Waals surface area contributed by atoms with Gasteiger partial charge in [0.05, 0.1) is 12.2 Å². The third-order valence-corrected chi connectivity index (χ3v) is 3.48. The van der Waals surface area contributed by atoms with Crippen molar-refractivity contribution >= 4 is 0 Å². The Morgan fingerprint density at radius 3 is 1.33 bits per heavy atom. The Morgan fingerprint density at radius 1 is 0.762 bits per heavy atom. The molecule has 8 heteroatoms. The maximum absolute atomic E-state index is 12.9. The van der Waals surface area contributed by atoms with E-state index in [1.54, 1.807) is 13.8 Å². The Balaban J connectivity index is 3.02. The molecule has 0 bridgehead atoms. The molecule has 1 saturated heterocycles. The lowest BCUT2D eigenvalue weighted by Gasteiger charge is -2.31. The van der Waals surface area contributed by atoms with Crippen molar-refractivity contribution in [2.75, 3.05) is 0 Å². The maximum Gasteiger partial charge on any atom is 0.453 e. The maximum atomic E-state index is 12.9. The number of rotatable bonds is 6. The summed E-state index contributed by atoms with van der Waals surface area (Å²) in [6.07, 6.45) is -11.1. The van der Waals surface area contributed by atoms with Gasteiger partial charge in [0, 0.05) is 0 Å². The summed E-state index contributed by atoms with van der Waals surface area (Å²) in [5, 5.41) is 0. The lowest BCUT2D eigenvalue weighted by atomic mass is 10.0. The van der Waals surface area contributed by atoms with Crippen LogP contribution in [0, 0.1) is 0 Å². The predicted octanol–water partition coefficient (Wildman–Crippen LogP) is 4.97. The number of hydrogen-bond donors (Lipinski definition) is 0. The molecule has 2 atom stereocenters. The molecule has 1 fully saturated rings. The average Bonchev–Trinajstić information content (AvgIpc) is 2.73. The molecule has 0 radical (unpaired) electrons. The molecule has 126 valence electrons. The van der Waals surface area contributed by atoms with Gasteiger partial charge < -0.3 is 9.47 Å². The van der Waals surface area contributed by atoms with Gasteiger partial charge in [0.15, 0.2) is 0 Å². The second kappa shape index (κ2) is 6.73. The van der Waals surface area contributed by atoms with Crippen LogP contribution in [0.2, 0.25) is 0 Å². The van der Waals surface area contributed by atoms with Gasteiger partial charge >= 0.3 is 18.1 Å². The van der Waals surface area contributed by atoms with Crippen molar-refractivity contribution in [1.29, 1.82) is 0 Å². The lowest BCUT2D eigenvalue weighted by molar-refractivity contribution is -0.446. The first-order chi connectivity index (χ1) is 9.59. The highest BCUT2D eigenvalue weighted by Crippen LogP contribution is 2.52. The summed E-state index contributed by atoms with van der Waals surface area (Å²) >= 11 is 0. The minimum Gasteiger partial charge on any atom is -0.329 e. The highest BCUT2D eigenvalue weighted by Gasteiger charge is 2.78. The molecule has 0 aromatic carbocycles. The van der Waals surface area contributed by atoms with E-state index in [1.807, 2.05) is 0 Å². The molecule has 1 aliphatic heterocycles. The topological polar surface area (TPSA) is 18.5 Å². The first kappa shape index (κ1) is 18.5. The molecule has 1 heterocycles. The van der Waals surface area contributed by atoms with Crippen LogP contribution in [0.1, 0.15) is 52.4 Å². The summed E-state index contributed by atoms with van der Waals surface area (Å²) < 4.78 is 86.4. The van der Waals surface area contributed by atoms with Crippen molar-refractivity contribution < 1.29 is 35.8 Å². The van der Waals surface area contributed by atoms with Crippen molar-refractivity contribution in [2.45, 2.75) is 82.7 Å². The van der Waals surface area contributed by atoms with E-state index in [4.69, 9.17) is 0 Å². The van der Waals surface area contributed by atoms with E-state index in [2.05, 4.69) is 9.47 Å². The first-order valence-corrected chi connectivity index (χ1v) is 7.08. The fourth-order valence-electron chi connectivity index (χ4n) is 2.33. The largest absolute Gasteiger partial charge is 0.453 e. The highest BCUT2D eigenvalue weighted by atomic mass is 19.4. The number of ether oxygens (including phenoxy) is 2. The fraction of sp³-hybridized carbons (Fsp3) is 1.00. The Bertz CT molecular complexity index is 294. The van der Waals surface area contributed by atoms with Gasteiger partial charge in [0.25, 0.3) is 0 Å². The van der Waals surface area contributed by atoms with Crippen LogP contribution in [0.4, 0.5) is 26.3 Å². The summed E-state index contributed by atoms with van der Waals surface area (Å²) in [5.74, 6) is -4.49. The molecule has 1 aliphatic rings. The van der Waals surface area contributed by atoms with E-state index in [-0.39, 0.29) is 12.8 Å². The zero-order valence-corrected chi connectivity index (χ0v) is 12.0. The van der Waals surface area contributed by atoms with Crippen LogP contribution in [0.3, 0.4) is 0 Å². The van der Waals surface area contributed by atoms with Crippen molar-refractivity contribution in [3.63, 3.8) is 0 Å². The molecule has 0 N–H and O–H groups in total. The molecule has 0 spiro atoms. The smallest absolute Gasteiger partial charge is 0.329 e. The minimum absolute atomic E-state index is 0.124. The molecule has 1 rings (SSSR count). The van der Waals surface area contributed by atoms with Gasteiger partial charge in [-0.1, -0.05) is 39.5 Å². The average molecular weight is 322 g/mol. The second-order valence-electron chi connectivity index (χ2n) is 5.21. The third kappa shape index (κ3) is 3.83. The molecule has 0 aromatic rings. The van der Waals surface area contributed by atoms with Crippen molar-refractivity contribution in [2.24, 2.45) is 0 Å². The van der Waals surface area contributed by atoms with Crippen LogP contribution in [0.5, 0.6) is 0 Å². The Kier molecular flexibility index (Phi) is 5.94. The highest BCUT2D eigenvalue weighted by molar-refractivity contribution is 4.96. The molecule has 2 nitrogen and oxygen atoms in total. The number of alkyl halides is 6. The molecule has 2 unspecified atom stereocenters. The van der Waals surface area contributed by atoms with E-state index < -0.39 is 30.3 Å². The monoisotopic (exact) mass is 322 g/mol. The van der Waals surface area contributed by atoms with Crippen molar-refractivity contribution in [1.82, 2.24) is 0 Å². The molecule has 21 heavy (non-hydrogen) atoms. The molecular formula is C13H20F6O2. The summed E-state index contributed by atoms with van der Waals surface area (Å²) in [4.78, 5) is 0. The number of hydrogen-bond acceptors (Lipinski definition) is 2. The second-order valence-corrected chi connectivity index (χ2v) is 5.21. The summed E-state index contributed by atoms with van der Waals surface area (Å²) in [7, 11) is 0. The summed E-state index contributed by atoms with van der Waals surface area (Å²) in [6.45, 7) is 3.61. The third-order valence-electron chi connectivity index (χ3n) is 3.48. The fourth-order valence-corrected chi connectivity index (χ4v) is 2.33. The Morgan fingerprint density at radius 2 is 1.10 bits per heavy atom. The van der Waals surface area contributed by atoms with Gasteiger partial charge in [0.2, 0.25) is 0 Å². The molecule has 0 aliphatic carbocycles. The standard InChI is InChI=1S/C13H20F6O2/c1-3-5-7-9-10(8-6-4-2)21-11(20-9,12(14,15)16)13(17,18)19/h9-10H,3-8H2,1-2H3. The molecular weight excluding hydrogens is 302 g/mol. The quantitative estimate of drug-likeness (QED) is 0.643. The van der Waals surface area contributed by atoms with E-state index in [1.165, 1.54) is 0 Å². The van der Waals surface area contributed by atoms with Gasteiger partial charge in [-0.3, -0.25) is 0 Å². The predicted molar refractivity (Wildman–Crippen MR) is 63.6 cm³/mol. The van der Waals surface area contributed by atoms with E-state index >= 15 is 0 Å². The zero-order chi connectivity index (χ0) is 16.3. The van der Waals surface area contributed by atoms with Crippen molar-refractivity contribution in [3.8, 4) is 0 Å². The van der Waals surface area contributed by atoms with Gasteiger partial charge in [-0.25, -0.2) is 0 Å². The van der Waals surface area contributed by atoms with Crippen LogP contribution in [-0.4, -0.2) is 30.3 Å². The van der Waals surface area contributed by atoms with Crippen LogP contribution < -0.4 is 0 Å². The zero-order valence-electron chi connectivity index (χ0n) is 12.0. The van der Waals surface area contributed by atoms with Gasteiger partial charge in [-0.15, -0.1) is 0 Å². The van der Waals surface area contributed by atoms with E-state index in [0.717, 1.165) is 0 Å². The summed E-state index contributed by atoms with van der Waals surface area (Å²) in [5.41, 5.74) is 0. The molecule has 0 aromatic heterocycles. The van der Waals surface area contributed by atoms with E-state index in [9.17, 15) is 26.3 Å². The SMILES string of the molecule is CCCCC1OC(C(F)(F)F)(C(F)(F)F)OC1CCCC. The summed E-state index contributed by atoms with van der Waals surface area (Å²) in [6, 6.07) is 0. The van der Waals surface area contributed by atoms with Crippen LogP contribution in [0.15, 0.2) is 0 Å². The van der Waals surface area contributed by atoms with Crippen LogP contribution in [-0.2, 0) is 9.47 Å². The molecule has 0 saturated carbocycles. The molecule has 0 amide bonds. The lowest BCUT2D eigenvalue weighted by Crippen LogP contribution is -2.58. The van der Waals surface area contributed by atoms with Gasteiger partial charge in [-0.2, -0.15) is 26.3 Å². The Hall–Kier alpha value is -0.500. The van der Waals surface area contributed by atoms with E-state index in [0.29, 0.717) is 25.7 Å². The Labute approximate surface area is 119 Å². The van der Waals surface area contributed by atoms with Gasteiger partial charge in [-0.05, 0) is 12.8 Å². The minimum atomic E-state index is -5.66.